The highest BCUT2D eigenvalue weighted by atomic mass is 35.5. The van der Waals surface area contributed by atoms with Gasteiger partial charge in [0.2, 0.25) is 5.89 Å². The van der Waals surface area contributed by atoms with E-state index in [9.17, 15) is 0 Å². The van der Waals surface area contributed by atoms with Crippen molar-refractivity contribution < 1.29 is 9.15 Å². The Morgan fingerprint density at radius 1 is 1.39 bits per heavy atom. The zero-order valence-corrected chi connectivity index (χ0v) is 11.3. The number of benzene rings is 1. The molecule has 4 nitrogen and oxygen atoms in total. The molecule has 0 unspecified atom stereocenters. The van der Waals surface area contributed by atoms with Crippen LogP contribution in [0.2, 0.25) is 5.02 Å². The van der Waals surface area contributed by atoms with E-state index in [-0.39, 0.29) is 6.54 Å². The molecule has 0 amide bonds. The van der Waals surface area contributed by atoms with Crippen LogP contribution >= 0.6 is 11.6 Å². The van der Waals surface area contributed by atoms with Crippen LogP contribution in [0.5, 0.6) is 5.75 Å². The maximum atomic E-state index is 6.15. The third-order valence-corrected chi connectivity index (χ3v) is 3.16. The van der Waals surface area contributed by atoms with Crippen molar-refractivity contribution >= 4 is 11.6 Å². The summed E-state index contributed by atoms with van der Waals surface area (Å²) in [5, 5.41) is 0.669. The van der Waals surface area contributed by atoms with Gasteiger partial charge in [-0.1, -0.05) is 11.6 Å². The number of aromatic nitrogens is 1. The highest BCUT2D eigenvalue weighted by Gasteiger charge is 2.16. The Labute approximate surface area is 111 Å². The lowest BCUT2D eigenvalue weighted by Crippen LogP contribution is -1.96. The fourth-order valence-electron chi connectivity index (χ4n) is 1.80. The summed E-state index contributed by atoms with van der Waals surface area (Å²) < 4.78 is 10.8. The summed E-state index contributed by atoms with van der Waals surface area (Å²) in [6, 6.07) is 3.72. The highest BCUT2D eigenvalue weighted by Crippen LogP contribution is 2.35. The first kappa shape index (κ1) is 12.9. The van der Waals surface area contributed by atoms with Crippen LogP contribution in [0.1, 0.15) is 17.2 Å². The summed E-state index contributed by atoms with van der Waals surface area (Å²) in [4.78, 5) is 4.35. The molecule has 0 radical (unpaired) electrons. The molecule has 0 atom stereocenters. The van der Waals surface area contributed by atoms with Crippen LogP contribution in [0.4, 0.5) is 0 Å². The van der Waals surface area contributed by atoms with Crippen molar-refractivity contribution in [1.82, 2.24) is 4.98 Å². The standard InChI is InChI=1S/C13H15ClN2O2/c1-7-4-11(17-3)9(5-10(7)14)13-8(2)18-12(6-15)16-13/h4-5H,6,15H2,1-3H3. The number of oxazole rings is 1. The average molecular weight is 267 g/mol. The maximum Gasteiger partial charge on any atom is 0.208 e. The first-order valence-electron chi connectivity index (χ1n) is 5.57. The Bertz CT molecular complexity index is 579. The van der Waals surface area contributed by atoms with Gasteiger partial charge < -0.3 is 14.9 Å². The number of methoxy groups -OCH3 is 1. The SMILES string of the molecule is COc1cc(C)c(Cl)cc1-c1nc(CN)oc1C. The molecule has 0 aliphatic heterocycles. The second-order valence-corrected chi connectivity index (χ2v) is 4.43. The average Bonchev–Trinajstić information content (AvgIpc) is 2.73. The maximum absolute atomic E-state index is 6.15. The first-order valence-corrected chi connectivity index (χ1v) is 5.95. The Morgan fingerprint density at radius 3 is 2.67 bits per heavy atom. The molecular weight excluding hydrogens is 252 g/mol. The van der Waals surface area contributed by atoms with E-state index in [1.165, 1.54) is 0 Å². The minimum Gasteiger partial charge on any atom is -0.496 e. The lowest BCUT2D eigenvalue weighted by atomic mass is 10.1. The third-order valence-electron chi connectivity index (χ3n) is 2.75. The van der Waals surface area contributed by atoms with Crippen LogP contribution in [-0.4, -0.2) is 12.1 Å². The molecule has 2 N–H and O–H groups in total. The molecule has 1 heterocycles. The second-order valence-electron chi connectivity index (χ2n) is 4.02. The number of hydrogen-bond acceptors (Lipinski definition) is 4. The number of nitrogens with two attached hydrogens (primary N) is 1. The van der Waals surface area contributed by atoms with Gasteiger partial charge in [-0.2, -0.15) is 0 Å². The predicted octanol–water partition coefficient (Wildman–Crippen LogP) is 3.08. The number of ether oxygens (including phenoxy) is 1. The van der Waals surface area contributed by atoms with Crippen molar-refractivity contribution in [2.75, 3.05) is 7.11 Å². The van der Waals surface area contributed by atoms with Gasteiger partial charge >= 0.3 is 0 Å². The Kier molecular flexibility index (Phi) is 3.59. The quantitative estimate of drug-likeness (QED) is 0.927. The fourth-order valence-corrected chi connectivity index (χ4v) is 1.96. The van der Waals surface area contributed by atoms with Gasteiger partial charge in [0.25, 0.3) is 0 Å². The van der Waals surface area contributed by atoms with Crippen LogP contribution in [0, 0.1) is 13.8 Å². The summed E-state index contributed by atoms with van der Waals surface area (Å²) in [6.07, 6.45) is 0. The largest absolute Gasteiger partial charge is 0.496 e. The number of rotatable bonds is 3. The minimum absolute atomic E-state index is 0.267. The lowest BCUT2D eigenvalue weighted by molar-refractivity contribution is 0.416. The van der Waals surface area contributed by atoms with Gasteiger partial charge in [-0.05, 0) is 31.5 Å². The summed E-state index contributed by atoms with van der Waals surface area (Å²) >= 11 is 6.15. The van der Waals surface area contributed by atoms with E-state index in [0.29, 0.717) is 22.4 Å². The van der Waals surface area contributed by atoms with Gasteiger partial charge in [-0.3, -0.25) is 0 Å². The van der Waals surface area contributed by atoms with E-state index in [1.807, 2.05) is 26.0 Å². The molecule has 1 aromatic heterocycles. The molecule has 2 aromatic rings. The smallest absolute Gasteiger partial charge is 0.208 e. The zero-order chi connectivity index (χ0) is 13.3. The summed E-state index contributed by atoms with van der Waals surface area (Å²) in [5.41, 5.74) is 8.01. The summed E-state index contributed by atoms with van der Waals surface area (Å²) in [6.45, 7) is 4.03. The number of hydrogen-bond donors (Lipinski definition) is 1. The van der Waals surface area contributed by atoms with Crippen LogP contribution < -0.4 is 10.5 Å². The first-order chi connectivity index (χ1) is 8.56. The molecule has 0 saturated heterocycles. The molecular formula is C13H15ClN2O2. The minimum atomic E-state index is 0.267. The Balaban J connectivity index is 2.61. The highest BCUT2D eigenvalue weighted by molar-refractivity contribution is 6.31. The molecule has 96 valence electrons. The molecule has 2 rings (SSSR count). The fraction of sp³-hybridized carbons (Fsp3) is 0.308. The van der Waals surface area contributed by atoms with Crippen LogP contribution in [0.3, 0.4) is 0 Å². The molecule has 0 aliphatic carbocycles. The van der Waals surface area contributed by atoms with Gasteiger partial charge in [0.15, 0.2) is 0 Å². The molecule has 0 aliphatic rings. The predicted molar refractivity (Wildman–Crippen MR) is 70.9 cm³/mol. The van der Waals surface area contributed by atoms with Crippen molar-refractivity contribution in [3.63, 3.8) is 0 Å². The van der Waals surface area contributed by atoms with Gasteiger partial charge in [0, 0.05) is 10.6 Å². The van der Waals surface area contributed by atoms with Crippen LogP contribution in [-0.2, 0) is 6.54 Å². The van der Waals surface area contributed by atoms with Crippen molar-refractivity contribution in [1.29, 1.82) is 0 Å². The molecule has 0 saturated carbocycles. The monoisotopic (exact) mass is 266 g/mol. The van der Waals surface area contributed by atoms with Gasteiger partial charge in [0.1, 0.15) is 17.2 Å². The third kappa shape index (κ3) is 2.21. The van der Waals surface area contributed by atoms with E-state index in [0.717, 1.165) is 16.9 Å². The van der Waals surface area contributed by atoms with Crippen molar-refractivity contribution in [2.45, 2.75) is 20.4 Å². The van der Waals surface area contributed by atoms with E-state index in [1.54, 1.807) is 7.11 Å². The van der Waals surface area contributed by atoms with Gasteiger partial charge in [-0.25, -0.2) is 4.98 Å². The van der Waals surface area contributed by atoms with E-state index in [2.05, 4.69) is 4.98 Å². The van der Waals surface area contributed by atoms with E-state index in [4.69, 9.17) is 26.5 Å². The molecule has 5 heteroatoms. The topological polar surface area (TPSA) is 61.3 Å². The number of nitrogens with zero attached hydrogens (tertiary/aromatic N) is 1. The van der Waals surface area contributed by atoms with Crippen molar-refractivity contribution in [2.24, 2.45) is 5.73 Å². The van der Waals surface area contributed by atoms with Crippen molar-refractivity contribution in [3.8, 4) is 17.0 Å². The molecule has 18 heavy (non-hydrogen) atoms. The zero-order valence-electron chi connectivity index (χ0n) is 10.6. The van der Waals surface area contributed by atoms with Crippen LogP contribution in [0.25, 0.3) is 11.3 Å². The number of halogens is 1. The van der Waals surface area contributed by atoms with Crippen LogP contribution in [0.15, 0.2) is 16.5 Å². The Hall–Kier alpha value is -1.52. The normalized spacial score (nSPS) is 10.7. The lowest BCUT2D eigenvalue weighted by Gasteiger charge is -2.09. The Morgan fingerprint density at radius 2 is 2.11 bits per heavy atom. The molecule has 0 fully saturated rings. The molecule has 0 bridgehead atoms. The number of aryl methyl sites for hydroxylation is 2. The van der Waals surface area contributed by atoms with Gasteiger partial charge in [0.05, 0.1) is 13.7 Å². The van der Waals surface area contributed by atoms with E-state index >= 15 is 0 Å². The summed E-state index contributed by atoms with van der Waals surface area (Å²) in [7, 11) is 1.62. The molecule has 0 spiro atoms. The van der Waals surface area contributed by atoms with Crippen molar-refractivity contribution in [3.05, 3.63) is 34.4 Å². The second kappa shape index (κ2) is 5.00. The van der Waals surface area contributed by atoms with E-state index < -0.39 is 0 Å². The van der Waals surface area contributed by atoms with Gasteiger partial charge in [-0.15, -0.1) is 0 Å². The summed E-state index contributed by atoms with van der Waals surface area (Å²) in [5.74, 6) is 1.92. The molecule has 1 aromatic carbocycles.